The summed E-state index contributed by atoms with van der Waals surface area (Å²) in [6.07, 6.45) is 0. The van der Waals surface area contributed by atoms with Gasteiger partial charge >= 0.3 is 0 Å². The van der Waals surface area contributed by atoms with Crippen LogP contribution in [0.2, 0.25) is 0 Å². The number of ether oxygens (including phenoxy) is 1. The van der Waals surface area contributed by atoms with Gasteiger partial charge in [-0.3, -0.25) is 14.3 Å². The molecule has 3 rings (SSSR count). The zero-order valence-electron chi connectivity index (χ0n) is 16.3. The molecule has 3 heterocycles. The van der Waals surface area contributed by atoms with Crippen molar-refractivity contribution in [1.29, 1.82) is 0 Å². The largest absolute Gasteiger partial charge is 0.379 e. The van der Waals surface area contributed by atoms with E-state index in [0.717, 1.165) is 17.9 Å². The average Bonchev–Trinajstić information content (AvgIpc) is 3.01. The van der Waals surface area contributed by atoms with Gasteiger partial charge in [-0.1, -0.05) is 11.3 Å². The number of pyridine rings is 1. The van der Waals surface area contributed by atoms with Crippen LogP contribution in [0.5, 0.6) is 0 Å². The van der Waals surface area contributed by atoms with Gasteiger partial charge in [0.15, 0.2) is 0 Å². The van der Waals surface area contributed by atoms with Crippen LogP contribution in [0.15, 0.2) is 23.0 Å². The summed E-state index contributed by atoms with van der Waals surface area (Å²) in [5.41, 5.74) is 1.94. The third kappa shape index (κ3) is 4.09. The molecule has 1 unspecified atom stereocenters. The highest BCUT2D eigenvalue weighted by molar-refractivity contribution is 5.92. The van der Waals surface area contributed by atoms with Crippen molar-refractivity contribution in [1.82, 2.24) is 29.4 Å². The van der Waals surface area contributed by atoms with Crippen LogP contribution in [0, 0.1) is 0 Å². The first-order valence-corrected chi connectivity index (χ1v) is 8.94. The van der Waals surface area contributed by atoms with Gasteiger partial charge in [0.05, 0.1) is 25.5 Å². The summed E-state index contributed by atoms with van der Waals surface area (Å²) in [6, 6.07) is 4.71. The summed E-state index contributed by atoms with van der Waals surface area (Å²) in [5.74, 6) is -0.203. The van der Waals surface area contributed by atoms with Gasteiger partial charge in [0.2, 0.25) is 0 Å². The number of hydrogen-bond acceptors (Lipinski definition) is 6. The number of carbonyl (C=O) groups excluding carboxylic acids is 1. The number of hydrogen-bond donors (Lipinski definition) is 0. The van der Waals surface area contributed by atoms with Crippen molar-refractivity contribution in [2.75, 3.05) is 40.4 Å². The van der Waals surface area contributed by atoms with Crippen molar-refractivity contribution in [3.63, 3.8) is 0 Å². The molecule has 0 aromatic carbocycles. The monoisotopic (exact) mass is 374 g/mol. The van der Waals surface area contributed by atoms with E-state index in [2.05, 4.69) is 15.2 Å². The quantitative estimate of drug-likeness (QED) is 0.653. The van der Waals surface area contributed by atoms with Gasteiger partial charge < -0.3 is 19.1 Å². The normalized spacial score (nSPS) is 16.6. The first-order valence-electron chi connectivity index (χ1n) is 8.94. The van der Waals surface area contributed by atoms with Crippen molar-refractivity contribution in [3.8, 4) is 0 Å². The van der Waals surface area contributed by atoms with Gasteiger partial charge in [-0.05, 0) is 20.2 Å². The summed E-state index contributed by atoms with van der Waals surface area (Å²) in [6.45, 7) is 2.81. The van der Waals surface area contributed by atoms with Gasteiger partial charge in [0, 0.05) is 39.2 Å². The van der Waals surface area contributed by atoms with Gasteiger partial charge in [0.25, 0.3) is 11.5 Å². The van der Waals surface area contributed by atoms with Crippen LogP contribution in [0.25, 0.3) is 0 Å². The van der Waals surface area contributed by atoms with Crippen molar-refractivity contribution in [2.24, 2.45) is 14.1 Å². The van der Waals surface area contributed by atoms with Crippen LogP contribution in [0.1, 0.15) is 27.8 Å². The van der Waals surface area contributed by atoms with Crippen LogP contribution in [-0.2, 0) is 25.4 Å². The number of carbonyl (C=O) groups is 1. The Kier molecular flexibility index (Phi) is 5.71. The predicted molar refractivity (Wildman–Crippen MR) is 99.5 cm³/mol. The smallest absolute Gasteiger partial charge is 0.270 e. The molecule has 1 atom stereocenters. The summed E-state index contributed by atoms with van der Waals surface area (Å²) in [4.78, 5) is 28.7. The number of likely N-dealkylation sites (N-methyl/N-ethyl adjacent to an activating group) is 1. The molecule has 0 bridgehead atoms. The maximum Gasteiger partial charge on any atom is 0.270 e. The van der Waals surface area contributed by atoms with E-state index in [-0.39, 0.29) is 17.4 Å². The molecule has 146 valence electrons. The summed E-state index contributed by atoms with van der Waals surface area (Å²) >= 11 is 0. The molecule has 9 nitrogen and oxygen atoms in total. The van der Waals surface area contributed by atoms with Gasteiger partial charge in [-0.2, -0.15) is 0 Å². The lowest BCUT2D eigenvalue weighted by molar-refractivity contribution is 0.0604. The number of aryl methyl sites for hydroxylation is 1. The molecule has 1 amide bonds. The second kappa shape index (κ2) is 8.01. The molecule has 0 radical (unpaired) electrons. The SMILES string of the molecule is CN(C)CCOCC1CN(C(=O)c2cccc(=O)n2C)Cc2nnn(C)c21. The fourth-order valence-electron chi connectivity index (χ4n) is 3.32. The summed E-state index contributed by atoms with van der Waals surface area (Å²) in [5, 5.41) is 8.33. The Labute approximate surface area is 158 Å². The first-order chi connectivity index (χ1) is 12.9. The lowest BCUT2D eigenvalue weighted by Gasteiger charge is -2.32. The van der Waals surface area contributed by atoms with Gasteiger partial charge in [0.1, 0.15) is 11.4 Å². The highest BCUT2D eigenvalue weighted by Crippen LogP contribution is 2.27. The lowest BCUT2D eigenvalue weighted by Crippen LogP contribution is -2.42. The van der Waals surface area contributed by atoms with Crippen molar-refractivity contribution < 1.29 is 9.53 Å². The van der Waals surface area contributed by atoms with Gasteiger partial charge in [-0.15, -0.1) is 5.10 Å². The van der Waals surface area contributed by atoms with Crippen molar-refractivity contribution in [2.45, 2.75) is 12.5 Å². The van der Waals surface area contributed by atoms with Crippen LogP contribution >= 0.6 is 0 Å². The number of fused-ring (bicyclic) bond motifs is 1. The fourth-order valence-corrected chi connectivity index (χ4v) is 3.32. The van der Waals surface area contributed by atoms with Gasteiger partial charge in [-0.25, -0.2) is 0 Å². The minimum atomic E-state index is -0.207. The third-order valence-electron chi connectivity index (χ3n) is 4.81. The number of nitrogens with zero attached hydrogens (tertiary/aromatic N) is 6. The molecule has 0 saturated carbocycles. The summed E-state index contributed by atoms with van der Waals surface area (Å²) in [7, 11) is 7.46. The molecule has 27 heavy (non-hydrogen) atoms. The zero-order chi connectivity index (χ0) is 19.6. The average molecular weight is 374 g/mol. The molecule has 0 saturated heterocycles. The highest BCUT2D eigenvalue weighted by atomic mass is 16.5. The van der Waals surface area contributed by atoms with Crippen molar-refractivity contribution >= 4 is 5.91 Å². The van der Waals surface area contributed by atoms with E-state index in [1.54, 1.807) is 28.8 Å². The lowest BCUT2D eigenvalue weighted by atomic mass is 9.98. The maximum atomic E-state index is 13.0. The topological polar surface area (TPSA) is 85.5 Å². The molecule has 9 heteroatoms. The summed E-state index contributed by atoms with van der Waals surface area (Å²) < 4.78 is 8.97. The highest BCUT2D eigenvalue weighted by Gasteiger charge is 2.33. The van der Waals surface area contributed by atoms with Crippen LogP contribution < -0.4 is 5.56 Å². The molecule has 0 fully saturated rings. The Balaban J connectivity index is 1.79. The number of aromatic nitrogens is 4. The van der Waals surface area contributed by atoms with Crippen molar-refractivity contribution in [3.05, 3.63) is 45.6 Å². The Morgan fingerprint density at radius 3 is 2.85 bits per heavy atom. The molecular weight excluding hydrogens is 348 g/mol. The van der Waals surface area contributed by atoms with E-state index in [9.17, 15) is 9.59 Å². The molecule has 1 aliphatic heterocycles. The second-order valence-corrected chi connectivity index (χ2v) is 7.11. The van der Waals surface area contributed by atoms with E-state index in [4.69, 9.17) is 4.74 Å². The van der Waals surface area contributed by atoms with E-state index >= 15 is 0 Å². The molecule has 2 aromatic rings. The molecule has 2 aromatic heterocycles. The number of rotatable bonds is 6. The first kappa shape index (κ1) is 19.2. The van der Waals surface area contributed by atoms with Crippen LogP contribution in [0.3, 0.4) is 0 Å². The Morgan fingerprint density at radius 1 is 1.33 bits per heavy atom. The Morgan fingerprint density at radius 2 is 2.11 bits per heavy atom. The minimum Gasteiger partial charge on any atom is -0.379 e. The molecule has 0 N–H and O–H groups in total. The third-order valence-corrected chi connectivity index (χ3v) is 4.81. The van der Waals surface area contributed by atoms with Crippen LogP contribution in [-0.4, -0.2) is 75.7 Å². The van der Waals surface area contributed by atoms with E-state index in [1.807, 2.05) is 21.1 Å². The zero-order valence-corrected chi connectivity index (χ0v) is 16.3. The molecular formula is C18H26N6O3. The Hall–Kier alpha value is -2.52. The van der Waals surface area contributed by atoms with E-state index in [0.29, 0.717) is 32.0 Å². The fraction of sp³-hybridized carbons (Fsp3) is 0.556. The minimum absolute atomic E-state index is 0.0133. The number of amides is 1. The van der Waals surface area contributed by atoms with E-state index in [1.165, 1.54) is 10.6 Å². The Bertz CT molecular complexity index is 872. The van der Waals surface area contributed by atoms with E-state index < -0.39 is 0 Å². The molecule has 0 spiro atoms. The second-order valence-electron chi connectivity index (χ2n) is 7.11. The standard InChI is InChI=1S/C18H26N6O3/c1-21(2)8-9-27-12-13-10-24(11-14-17(13)23(4)20-19-14)18(26)15-6-5-7-16(25)22(15)3/h5-7,13H,8-12H2,1-4H3. The molecule has 1 aliphatic rings. The van der Waals surface area contributed by atoms with Crippen LogP contribution in [0.4, 0.5) is 0 Å². The molecule has 0 aliphatic carbocycles. The predicted octanol–water partition coefficient (Wildman–Crippen LogP) is -0.168. The maximum absolute atomic E-state index is 13.0.